The molecule has 4 rings (SSSR count). The van der Waals surface area contributed by atoms with Crippen molar-refractivity contribution in [2.24, 2.45) is 0 Å². The normalized spacial score (nSPS) is 15.8. The number of hydrogen-bond acceptors (Lipinski definition) is 4. The Labute approximate surface area is 191 Å². The third-order valence-corrected chi connectivity index (χ3v) is 6.61. The summed E-state index contributed by atoms with van der Waals surface area (Å²) in [6, 6.07) is 14.4. The quantitative estimate of drug-likeness (QED) is 0.535. The fraction of sp³-hybridized carbons (Fsp3) is 0.211. The Bertz CT molecular complexity index is 1030. The first kappa shape index (κ1) is 23.7. The smallest absolute Gasteiger partial charge is 0.240 e. The lowest BCUT2D eigenvalue weighted by Crippen LogP contribution is -2.48. The summed E-state index contributed by atoms with van der Waals surface area (Å²) >= 11 is 3.52. The summed E-state index contributed by atoms with van der Waals surface area (Å²) in [5.74, 6) is 0. The van der Waals surface area contributed by atoms with E-state index in [1.54, 1.807) is 42.9 Å². The summed E-state index contributed by atoms with van der Waals surface area (Å²) in [4.78, 5) is 9.65. The molecule has 0 saturated carbocycles. The Hall–Kier alpha value is -1.58. The molecule has 2 heterocycles. The van der Waals surface area contributed by atoms with Crippen LogP contribution in [0, 0.1) is 0 Å². The van der Waals surface area contributed by atoms with E-state index < -0.39 is 10.0 Å². The molecule has 0 radical (unpaired) electrons. The highest BCUT2D eigenvalue weighted by Crippen LogP contribution is 2.31. The molecule has 0 spiro atoms. The van der Waals surface area contributed by atoms with Crippen LogP contribution in [0.2, 0.25) is 0 Å². The summed E-state index contributed by atoms with van der Waals surface area (Å²) in [7, 11) is -3.57. The molecular formula is C19H21BrCl2N4O2S. The molecule has 156 valence electrons. The maximum absolute atomic E-state index is 12.7. The van der Waals surface area contributed by atoms with Gasteiger partial charge >= 0.3 is 0 Å². The zero-order valence-electron chi connectivity index (χ0n) is 15.3. The first-order valence-electron chi connectivity index (χ1n) is 8.59. The van der Waals surface area contributed by atoms with Gasteiger partial charge in [0, 0.05) is 28.9 Å². The molecule has 1 aliphatic rings. The zero-order chi connectivity index (χ0) is 18.9. The van der Waals surface area contributed by atoms with Crippen molar-refractivity contribution in [3.63, 3.8) is 0 Å². The minimum atomic E-state index is -3.57. The SMILES string of the molecule is Cl.Cl.O=S(=O)(NC1Cc2cc(Br)ccc2N(Cc2cnc[nH]2)C1)c1ccccc1. The second-order valence-electron chi connectivity index (χ2n) is 6.57. The van der Waals surface area contributed by atoms with Crippen LogP contribution in [0.15, 0.2) is 70.4 Å². The second-order valence-corrected chi connectivity index (χ2v) is 9.20. The maximum Gasteiger partial charge on any atom is 0.240 e. The number of nitrogens with zero attached hydrogens (tertiary/aromatic N) is 2. The molecule has 10 heteroatoms. The molecule has 6 nitrogen and oxygen atoms in total. The molecular weight excluding hydrogens is 499 g/mol. The molecule has 3 aromatic rings. The number of fused-ring (bicyclic) bond motifs is 1. The van der Waals surface area contributed by atoms with E-state index in [1.807, 2.05) is 6.07 Å². The number of nitrogens with one attached hydrogen (secondary N) is 2. The number of rotatable bonds is 5. The fourth-order valence-corrected chi connectivity index (χ4v) is 5.07. The monoisotopic (exact) mass is 518 g/mol. The van der Waals surface area contributed by atoms with E-state index >= 15 is 0 Å². The Morgan fingerprint density at radius 2 is 1.93 bits per heavy atom. The van der Waals surface area contributed by atoms with Crippen molar-refractivity contribution >= 4 is 56.5 Å². The van der Waals surface area contributed by atoms with Gasteiger partial charge in [-0.2, -0.15) is 0 Å². The molecule has 2 N–H and O–H groups in total. The minimum Gasteiger partial charge on any atom is -0.364 e. The van der Waals surface area contributed by atoms with E-state index in [9.17, 15) is 8.42 Å². The molecule has 0 saturated heterocycles. The van der Waals surface area contributed by atoms with E-state index in [1.165, 1.54) is 0 Å². The number of benzene rings is 2. The van der Waals surface area contributed by atoms with Crippen molar-refractivity contribution < 1.29 is 8.42 Å². The van der Waals surface area contributed by atoms with Gasteiger partial charge in [-0.1, -0.05) is 34.1 Å². The van der Waals surface area contributed by atoms with Gasteiger partial charge in [-0.05, 0) is 42.3 Å². The average molecular weight is 520 g/mol. The van der Waals surface area contributed by atoms with Crippen molar-refractivity contribution in [3.05, 3.63) is 76.8 Å². The minimum absolute atomic E-state index is 0. The number of aromatic amines is 1. The Balaban J connectivity index is 0.00000150. The third-order valence-electron chi connectivity index (χ3n) is 4.58. The number of aromatic nitrogens is 2. The topological polar surface area (TPSA) is 78.1 Å². The number of H-pyrrole nitrogens is 1. The zero-order valence-corrected chi connectivity index (χ0v) is 19.3. The van der Waals surface area contributed by atoms with Crippen LogP contribution < -0.4 is 9.62 Å². The number of anilines is 1. The van der Waals surface area contributed by atoms with Crippen LogP contribution in [-0.4, -0.2) is 31.0 Å². The predicted octanol–water partition coefficient (Wildman–Crippen LogP) is 3.93. The Morgan fingerprint density at radius 3 is 2.62 bits per heavy atom. The number of imidazole rings is 1. The molecule has 0 fully saturated rings. The van der Waals surface area contributed by atoms with Crippen LogP contribution in [0.5, 0.6) is 0 Å². The highest BCUT2D eigenvalue weighted by Gasteiger charge is 2.28. The first-order chi connectivity index (χ1) is 13.0. The summed E-state index contributed by atoms with van der Waals surface area (Å²) in [5, 5.41) is 0. The molecule has 29 heavy (non-hydrogen) atoms. The fourth-order valence-electron chi connectivity index (χ4n) is 3.41. The maximum atomic E-state index is 12.7. The van der Waals surface area contributed by atoms with Gasteiger partial charge in [0.15, 0.2) is 0 Å². The molecule has 1 aliphatic heterocycles. The van der Waals surface area contributed by atoms with Gasteiger partial charge in [-0.15, -0.1) is 24.8 Å². The molecule has 0 aliphatic carbocycles. The van der Waals surface area contributed by atoms with Crippen LogP contribution >= 0.6 is 40.7 Å². The lowest BCUT2D eigenvalue weighted by atomic mass is 9.98. The van der Waals surface area contributed by atoms with Crippen LogP contribution in [0.1, 0.15) is 11.3 Å². The predicted molar refractivity (Wildman–Crippen MR) is 123 cm³/mol. The molecule has 1 aromatic heterocycles. The first-order valence-corrected chi connectivity index (χ1v) is 10.9. The van der Waals surface area contributed by atoms with Crippen molar-refractivity contribution in [2.75, 3.05) is 11.4 Å². The molecule has 1 atom stereocenters. The van der Waals surface area contributed by atoms with Gasteiger partial charge in [-0.25, -0.2) is 18.1 Å². The van der Waals surface area contributed by atoms with Gasteiger partial charge in [0.1, 0.15) is 0 Å². The lowest BCUT2D eigenvalue weighted by Gasteiger charge is -2.36. The molecule has 0 bridgehead atoms. The summed E-state index contributed by atoms with van der Waals surface area (Å²) in [5.41, 5.74) is 3.20. The van der Waals surface area contributed by atoms with E-state index in [-0.39, 0.29) is 35.8 Å². The van der Waals surface area contributed by atoms with Gasteiger partial charge in [-0.3, -0.25) is 0 Å². The largest absolute Gasteiger partial charge is 0.364 e. The van der Waals surface area contributed by atoms with Gasteiger partial charge in [0.2, 0.25) is 10.0 Å². The summed E-state index contributed by atoms with van der Waals surface area (Å²) in [6.45, 7) is 1.22. The average Bonchev–Trinajstić information content (AvgIpc) is 3.15. The number of halogens is 3. The Morgan fingerprint density at radius 1 is 1.17 bits per heavy atom. The summed E-state index contributed by atoms with van der Waals surface area (Å²) in [6.07, 6.45) is 4.08. The van der Waals surface area contributed by atoms with Crippen molar-refractivity contribution in [1.82, 2.24) is 14.7 Å². The molecule has 0 amide bonds. The van der Waals surface area contributed by atoms with E-state index in [0.29, 0.717) is 19.5 Å². The summed E-state index contributed by atoms with van der Waals surface area (Å²) < 4.78 is 29.3. The Kier molecular flexibility index (Phi) is 8.13. The number of sulfonamides is 1. The van der Waals surface area contributed by atoms with Gasteiger partial charge in [0.25, 0.3) is 0 Å². The highest BCUT2D eigenvalue weighted by atomic mass is 79.9. The van der Waals surface area contributed by atoms with Gasteiger partial charge < -0.3 is 9.88 Å². The van der Waals surface area contributed by atoms with Crippen LogP contribution in [0.4, 0.5) is 5.69 Å². The van der Waals surface area contributed by atoms with Crippen molar-refractivity contribution in [1.29, 1.82) is 0 Å². The van der Waals surface area contributed by atoms with Crippen LogP contribution in [0.3, 0.4) is 0 Å². The molecule has 2 aromatic carbocycles. The van der Waals surface area contributed by atoms with Gasteiger partial charge in [0.05, 0.1) is 23.5 Å². The van der Waals surface area contributed by atoms with E-state index in [2.05, 4.69) is 47.7 Å². The van der Waals surface area contributed by atoms with Crippen LogP contribution in [0.25, 0.3) is 0 Å². The van der Waals surface area contributed by atoms with Crippen LogP contribution in [-0.2, 0) is 23.0 Å². The van der Waals surface area contributed by atoms with E-state index in [0.717, 1.165) is 21.4 Å². The van der Waals surface area contributed by atoms with Crippen molar-refractivity contribution in [3.8, 4) is 0 Å². The molecule has 1 unspecified atom stereocenters. The lowest BCUT2D eigenvalue weighted by molar-refractivity contribution is 0.523. The standard InChI is InChI=1S/C19H19BrN4O2S.2ClH/c20-15-6-7-19-14(8-15)9-16(11-24(19)12-17-10-21-13-22-17)23-27(25,26)18-4-2-1-3-5-18;;/h1-8,10,13,16,23H,9,11-12H2,(H,21,22);2*1H. The highest BCUT2D eigenvalue weighted by molar-refractivity contribution is 9.10. The third kappa shape index (κ3) is 5.52. The number of hydrogen-bond donors (Lipinski definition) is 2. The van der Waals surface area contributed by atoms with E-state index in [4.69, 9.17) is 0 Å². The second kappa shape index (κ2) is 9.95. The van der Waals surface area contributed by atoms with Crippen molar-refractivity contribution in [2.45, 2.75) is 23.9 Å².